The van der Waals surface area contributed by atoms with E-state index in [9.17, 15) is 13.2 Å². The van der Waals surface area contributed by atoms with Crippen molar-refractivity contribution >= 4 is 0 Å². The van der Waals surface area contributed by atoms with Crippen molar-refractivity contribution in [1.29, 1.82) is 0 Å². The SMILES string of the molecule is COc1ccc([C@@H](N)CC(F)(F)F)cc1C. The summed E-state index contributed by atoms with van der Waals surface area (Å²) in [6.07, 6.45) is -5.26. The Bertz CT molecular complexity index is 363. The summed E-state index contributed by atoms with van der Waals surface area (Å²) in [6, 6.07) is 3.78. The van der Waals surface area contributed by atoms with E-state index in [1.54, 1.807) is 25.1 Å². The minimum Gasteiger partial charge on any atom is -0.496 e. The van der Waals surface area contributed by atoms with Gasteiger partial charge in [-0.05, 0) is 24.1 Å². The molecule has 0 aliphatic heterocycles. The Hall–Kier alpha value is -1.23. The summed E-state index contributed by atoms with van der Waals surface area (Å²) in [6.45, 7) is 1.77. The number of benzene rings is 1. The fourth-order valence-corrected chi connectivity index (χ4v) is 1.50. The van der Waals surface area contributed by atoms with Crippen LogP contribution >= 0.6 is 0 Å². The first-order chi connectivity index (χ1) is 7.33. The minimum atomic E-state index is -4.24. The molecule has 16 heavy (non-hydrogen) atoms. The van der Waals surface area contributed by atoms with Gasteiger partial charge < -0.3 is 10.5 Å². The van der Waals surface area contributed by atoms with Gasteiger partial charge in [-0.15, -0.1) is 0 Å². The zero-order valence-corrected chi connectivity index (χ0v) is 9.14. The van der Waals surface area contributed by atoms with Crippen LogP contribution in [0.1, 0.15) is 23.6 Å². The van der Waals surface area contributed by atoms with Crippen molar-refractivity contribution < 1.29 is 17.9 Å². The van der Waals surface area contributed by atoms with E-state index in [4.69, 9.17) is 10.5 Å². The quantitative estimate of drug-likeness (QED) is 0.871. The van der Waals surface area contributed by atoms with E-state index in [1.807, 2.05) is 0 Å². The van der Waals surface area contributed by atoms with Gasteiger partial charge in [-0.3, -0.25) is 0 Å². The summed E-state index contributed by atoms with van der Waals surface area (Å²) in [4.78, 5) is 0. The fourth-order valence-electron chi connectivity index (χ4n) is 1.50. The molecule has 0 radical (unpaired) electrons. The summed E-state index contributed by atoms with van der Waals surface area (Å²) >= 11 is 0. The molecule has 2 nitrogen and oxygen atoms in total. The van der Waals surface area contributed by atoms with Gasteiger partial charge in [0.15, 0.2) is 0 Å². The van der Waals surface area contributed by atoms with Gasteiger partial charge in [0.25, 0.3) is 0 Å². The van der Waals surface area contributed by atoms with Crippen molar-refractivity contribution in [3.05, 3.63) is 29.3 Å². The summed E-state index contributed by atoms with van der Waals surface area (Å²) in [5, 5.41) is 0. The molecule has 0 unspecified atom stereocenters. The first kappa shape index (κ1) is 12.8. The molecule has 0 fully saturated rings. The molecule has 5 heteroatoms. The Balaban J connectivity index is 2.85. The molecule has 0 saturated heterocycles. The Morgan fingerprint density at radius 3 is 2.44 bits per heavy atom. The van der Waals surface area contributed by atoms with Crippen molar-refractivity contribution in [3.63, 3.8) is 0 Å². The Morgan fingerprint density at radius 2 is 2.00 bits per heavy atom. The number of alkyl halides is 3. The third-order valence-corrected chi connectivity index (χ3v) is 2.30. The zero-order valence-electron chi connectivity index (χ0n) is 9.14. The number of halogens is 3. The lowest BCUT2D eigenvalue weighted by atomic mass is 10.0. The van der Waals surface area contributed by atoms with Crippen LogP contribution in [0.5, 0.6) is 5.75 Å². The van der Waals surface area contributed by atoms with E-state index >= 15 is 0 Å². The fraction of sp³-hybridized carbons (Fsp3) is 0.455. The maximum absolute atomic E-state index is 12.1. The molecule has 0 heterocycles. The number of methoxy groups -OCH3 is 1. The Morgan fingerprint density at radius 1 is 1.38 bits per heavy atom. The number of hydrogen-bond acceptors (Lipinski definition) is 2. The lowest BCUT2D eigenvalue weighted by molar-refractivity contribution is -0.138. The third-order valence-electron chi connectivity index (χ3n) is 2.30. The van der Waals surface area contributed by atoms with Crippen LogP contribution in [0.3, 0.4) is 0 Å². The maximum atomic E-state index is 12.1. The summed E-state index contributed by atoms with van der Waals surface area (Å²) in [5.41, 5.74) is 6.72. The van der Waals surface area contributed by atoms with Crippen LogP contribution < -0.4 is 10.5 Å². The standard InChI is InChI=1S/C11H14F3NO/c1-7-5-8(3-4-10(7)16-2)9(15)6-11(12,13)14/h3-5,9H,6,15H2,1-2H3/t9-/m0/s1. The van der Waals surface area contributed by atoms with Gasteiger partial charge in [0.2, 0.25) is 0 Å². The first-order valence-corrected chi connectivity index (χ1v) is 4.80. The highest BCUT2D eigenvalue weighted by Crippen LogP contribution is 2.29. The molecule has 0 aromatic heterocycles. The number of hydrogen-bond donors (Lipinski definition) is 1. The smallest absolute Gasteiger partial charge is 0.390 e. The second kappa shape index (κ2) is 4.74. The molecule has 0 spiro atoms. The Labute approximate surface area is 92.2 Å². The van der Waals surface area contributed by atoms with Gasteiger partial charge in [-0.2, -0.15) is 13.2 Å². The van der Waals surface area contributed by atoms with E-state index in [0.717, 1.165) is 5.56 Å². The van der Waals surface area contributed by atoms with Crippen LogP contribution in [0.25, 0.3) is 0 Å². The Kier molecular flexibility index (Phi) is 3.80. The summed E-state index contributed by atoms with van der Waals surface area (Å²) < 4.78 is 41.4. The van der Waals surface area contributed by atoms with E-state index in [1.165, 1.54) is 7.11 Å². The molecule has 0 aliphatic rings. The summed E-state index contributed by atoms with van der Waals surface area (Å²) in [5.74, 6) is 0.642. The minimum absolute atomic E-state index is 0.468. The topological polar surface area (TPSA) is 35.2 Å². The van der Waals surface area contributed by atoms with Crippen LogP contribution in [0.4, 0.5) is 13.2 Å². The number of nitrogens with two attached hydrogens (primary N) is 1. The molecule has 0 aliphatic carbocycles. The van der Waals surface area contributed by atoms with Crippen molar-refractivity contribution in [3.8, 4) is 5.75 Å². The monoisotopic (exact) mass is 233 g/mol. The highest BCUT2D eigenvalue weighted by Gasteiger charge is 2.30. The number of rotatable bonds is 3. The molecule has 1 aromatic rings. The van der Waals surface area contributed by atoms with Gasteiger partial charge in [-0.25, -0.2) is 0 Å². The molecule has 1 rings (SSSR count). The highest BCUT2D eigenvalue weighted by molar-refractivity contribution is 5.37. The zero-order chi connectivity index (χ0) is 12.3. The van der Waals surface area contributed by atoms with Gasteiger partial charge in [0.05, 0.1) is 13.5 Å². The molecule has 1 atom stereocenters. The van der Waals surface area contributed by atoms with Crippen molar-refractivity contribution in [2.75, 3.05) is 7.11 Å². The van der Waals surface area contributed by atoms with Crippen LogP contribution in [-0.2, 0) is 0 Å². The number of aryl methyl sites for hydroxylation is 1. The largest absolute Gasteiger partial charge is 0.496 e. The van der Waals surface area contributed by atoms with E-state index in [-0.39, 0.29) is 0 Å². The van der Waals surface area contributed by atoms with E-state index in [2.05, 4.69) is 0 Å². The maximum Gasteiger partial charge on any atom is 0.390 e. The van der Waals surface area contributed by atoms with E-state index < -0.39 is 18.6 Å². The number of ether oxygens (including phenoxy) is 1. The molecular weight excluding hydrogens is 219 g/mol. The molecule has 90 valence electrons. The normalized spacial score (nSPS) is 13.6. The van der Waals surface area contributed by atoms with Gasteiger partial charge in [0.1, 0.15) is 5.75 Å². The second-order valence-electron chi connectivity index (χ2n) is 3.65. The second-order valence-corrected chi connectivity index (χ2v) is 3.65. The van der Waals surface area contributed by atoms with Crippen LogP contribution in [0.15, 0.2) is 18.2 Å². The van der Waals surface area contributed by atoms with Crippen molar-refractivity contribution in [1.82, 2.24) is 0 Å². The van der Waals surface area contributed by atoms with Gasteiger partial charge in [0, 0.05) is 6.04 Å². The molecule has 0 bridgehead atoms. The molecular formula is C11H14F3NO. The van der Waals surface area contributed by atoms with Crippen molar-refractivity contribution in [2.24, 2.45) is 5.73 Å². The lowest BCUT2D eigenvalue weighted by Crippen LogP contribution is -2.20. The van der Waals surface area contributed by atoms with Crippen LogP contribution in [-0.4, -0.2) is 13.3 Å². The van der Waals surface area contributed by atoms with Gasteiger partial charge in [-0.1, -0.05) is 12.1 Å². The lowest BCUT2D eigenvalue weighted by Gasteiger charge is -2.15. The van der Waals surface area contributed by atoms with Crippen LogP contribution in [0, 0.1) is 6.92 Å². The van der Waals surface area contributed by atoms with Gasteiger partial charge >= 0.3 is 6.18 Å². The molecule has 0 amide bonds. The van der Waals surface area contributed by atoms with Crippen molar-refractivity contribution in [2.45, 2.75) is 25.6 Å². The predicted octanol–water partition coefficient (Wildman–Crippen LogP) is 2.96. The van der Waals surface area contributed by atoms with E-state index in [0.29, 0.717) is 11.3 Å². The first-order valence-electron chi connectivity index (χ1n) is 4.80. The summed E-state index contributed by atoms with van der Waals surface area (Å²) in [7, 11) is 1.51. The van der Waals surface area contributed by atoms with Crippen LogP contribution in [0.2, 0.25) is 0 Å². The molecule has 2 N–H and O–H groups in total. The average molecular weight is 233 g/mol. The third kappa shape index (κ3) is 3.41. The predicted molar refractivity (Wildman–Crippen MR) is 55.3 cm³/mol. The molecule has 0 saturated carbocycles. The average Bonchev–Trinajstić information content (AvgIpc) is 2.15. The molecule has 1 aromatic carbocycles. The highest BCUT2D eigenvalue weighted by atomic mass is 19.4.